The van der Waals surface area contributed by atoms with Gasteiger partial charge in [0.2, 0.25) is 0 Å². The first kappa shape index (κ1) is 14.5. The lowest BCUT2D eigenvalue weighted by Crippen LogP contribution is -2.39. The SMILES string of the molecule is Cc1c(C(=O)NC2CC2)cccc1C1CCC2NC(=O)NC2C1. The van der Waals surface area contributed by atoms with Crippen LogP contribution in [0.4, 0.5) is 4.79 Å². The van der Waals surface area contributed by atoms with E-state index in [1.807, 2.05) is 12.1 Å². The summed E-state index contributed by atoms with van der Waals surface area (Å²) in [5, 5.41) is 9.08. The molecule has 1 aromatic rings. The fourth-order valence-corrected chi connectivity index (χ4v) is 4.00. The molecule has 1 aromatic carbocycles. The van der Waals surface area contributed by atoms with Crippen LogP contribution in [-0.4, -0.2) is 30.1 Å². The molecule has 1 saturated heterocycles. The number of carbonyl (C=O) groups is 2. The maximum atomic E-state index is 12.4. The lowest BCUT2D eigenvalue weighted by molar-refractivity contribution is 0.0950. The molecular weight excluding hydrogens is 290 g/mol. The average molecular weight is 313 g/mol. The molecule has 3 amide bonds. The van der Waals surface area contributed by atoms with Gasteiger partial charge in [0.25, 0.3) is 5.91 Å². The summed E-state index contributed by atoms with van der Waals surface area (Å²) >= 11 is 0. The first-order chi connectivity index (χ1) is 11.1. The van der Waals surface area contributed by atoms with E-state index in [9.17, 15) is 9.59 Å². The highest BCUT2D eigenvalue weighted by atomic mass is 16.2. The Balaban J connectivity index is 1.54. The third-order valence-corrected chi connectivity index (χ3v) is 5.46. The normalized spacial score (nSPS) is 29.4. The molecule has 5 heteroatoms. The number of urea groups is 1. The van der Waals surface area contributed by atoms with E-state index in [0.29, 0.717) is 12.0 Å². The fraction of sp³-hybridized carbons (Fsp3) is 0.556. The number of fused-ring (bicyclic) bond motifs is 1. The van der Waals surface area contributed by atoms with Gasteiger partial charge in [-0.3, -0.25) is 4.79 Å². The van der Waals surface area contributed by atoms with Gasteiger partial charge in [0, 0.05) is 11.6 Å². The van der Waals surface area contributed by atoms with Crippen LogP contribution in [0.25, 0.3) is 0 Å². The predicted octanol–water partition coefficient (Wildman–Crippen LogP) is 2.20. The molecule has 0 bridgehead atoms. The molecule has 0 aromatic heterocycles. The molecule has 0 radical (unpaired) electrons. The Kier molecular flexibility index (Phi) is 3.51. The van der Waals surface area contributed by atoms with Crippen LogP contribution in [0.1, 0.15) is 59.5 Å². The van der Waals surface area contributed by atoms with Crippen LogP contribution in [0.3, 0.4) is 0 Å². The lowest BCUT2D eigenvalue weighted by Gasteiger charge is -2.32. The summed E-state index contributed by atoms with van der Waals surface area (Å²) in [6, 6.07) is 6.85. The molecule has 3 fully saturated rings. The molecule has 2 saturated carbocycles. The zero-order valence-electron chi connectivity index (χ0n) is 13.4. The topological polar surface area (TPSA) is 70.2 Å². The second-order valence-corrected chi connectivity index (χ2v) is 7.11. The second kappa shape index (κ2) is 5.55. The van der Waals surface area contributed by atoms with E-state index in [1.54, 1.807) is 0 Å². The predicted molar refractivity (Wildman–Crippen MR) is 87.5 cm³/mol. The second-order valence-electron chi connectivity index (χ2n) is 7.11. The Bertz CT molecular complexity index is 654. The number of benzene rings is 1. The Labute approximate surface area is 136 Å². The van der Waals surface area contributed by atoms with Crippen LogP contribution in [0, 0.1) is 6.92 Å². The van der Waals surface area contributed by atoms with Crippen molar-refractivity contribution in [3.8, 4) is 0 Å². The molecule has 1 aliphatic heterocycles. The number of rotatable bonds is 3. The molecular formula is C18H23N3O2. The number of amides is 3. The first-order valence-corrected chi connectivity index (χ1v) is 8.59. The van der Waals surface area contributed by atoms with Crippen LogP contribution in [0.2, 0.25) is 0 Å². The van der Waals surface area contributed by atoms with Gasteiger partial charge in [-0.15, -0.1) is 0 Å². The van der Waals surface area contributed by atoms with Gasteiger partial charge < -0.3 is 16.0 Å². The maximum absolute atomic E-state index is 12.4. The maximum Gasteiger partial charge on any atom is 0.315 e. The zero-order chi connectivity index (χ0) is 16.0. The van der Waals surface area contributed by atoms with Gasteiger partial charge in [0.15, 0.2) is 0 Å². The molecule has 23 heavy (non-hydrogen) atoms. The van der Waals surface area contributed by atoms with Crippen molar-refractivity contribution in [2.75, 3.05) is 0 Å². The number of carbonyl (C=O) groups excluding carboxylic acids is 2. The van der Waals surface area contributed by atoms with Crippen LogP contribution in [0.5, 0.6) is 0 Å². The van der Waals surface area contributed by atoms with Gasteiger partial charge in [0.1, 0.15) is 0 Å². The standard InChI is InChI=1S/C18H23N3O2/c1-10-13(3-2-4-14(10)17(22)19-12-6-7-12)11-5-8-15-16(9-11)21-18(23)20-15/h2-4,11-12,15-16H,5-9H2,1H3,(H,19,22)(H2,20,21,23). The van der Waals surface area contributed by atoms with E-state index < -0.39 is 0 Å². The minimum atomic E-state index is -0.0464. The van der Waals surface area contributed by atoms with Crippen molar-refractivity contribution in [1.29, 1.82) is 0 Å². The summed E-state index contributed by atoms with van der Waals surface area (Å²) in [5.74, 6) is 0.460. The first-order valence-electron chi connectivity index (χ1n) is 8.59. The summed E-state index contributed by atoms with van der Waals surface area (Å²) < 4.78 is 0. The smallest absolute Gasteiger partial charge is 0.315 e. The number of hydrogen-bond acceptors (Lipinski definition) is 2. The van der Waals surface area contributed by atoms with E-state index in [4.69, 9.17) is 0 Å². The van der Waals surface area contributed by atoms with E-state index in [2.05, 4.69) is 28.9 Å². The number of hydrogen-bond donors (Lipinski definition) is 3. The quantitative estimate of drug-likeness (QED) is 0.800. The summed E-state index contributed by atoms with van der Waals surface area (Å²) in [7, 11) is 0. The van der Waals surface area contributed by atoms with Crippen LogP contribution < -0.4 is 16.0 Å². The molecule has 1 heterocycles. The minimum Gasteiger partial charge on any atom is -0.349 e. The Morgan fingerprint density at radius 2 is 1.91 bits per heavy atom. The molecule has 3 unspecified atom stereocenters. The summed E-state index contributed by atoms with van der Waals surface area (Å²) in [5.41, 5.74) is 3.14. The van der Waals surface area contributed by atoms with Crippen molar-refractivity contribution >= 4 is 11.9 Å². The van der Waals surface area contributed by atoms with Crippen molar-refractivity contribution in [2.45, 2.75) is 63.1 Å². The number of nitrogens with one attached hydrogen (secondary N) is 3. The summed E-state index contributed by atoms with van der Waals surface area (Å²) in [4.78, 5) is 23.9. The van der Waals surface area contributed by atoms with Gasteiger partial charge in [-0.05, 0) is 62.1 Å². The Morgan fingerprint density at radius 3 is 2.70 bits per heavy atom. The van der Waals surface area contributed by atoms with E-state index in [1.165, 1.54) is 5.56 Å². The summed E-state index contributed by atoms with van der Waals surface area (Å²) in [6.45, 7) is 2.05. The zero-order valence-corrected chi connectivity index (χ0v) is 13.4. The molecule has 0 spiro atoms. The Hall–Kier alpha value is -2.04. The van der Waals surface area contributed by atoms with E-state index in [0.717, 1.165) is 43.2 Å². The molecule has 4 rings (SSSR count). The summed E-state index contributed by atoms with van der Waals surface area (Å²) in [6.07, 6.45) is 5.19. The van der Waals surface area contributed by atoms with Gasteiger partial charge in [-0.1, -0.05) is 12.1 Å². The third-order valence-electron chi connectivity index (χ3n) is 5.46. The van der Waals surface area contributed by atoms with Crippen LogP contribution >= 0.6 is 0 Å². The molecule has 3 aliphatic rings. The minimum absolute atomic E-state index is 0.0464. The fourth-order valence-electron chi connectivity index (χ4n) is 4.00. The monoisotopic (exact) mass is 313 g/mol. The van der Waals surface area contributed by atoms with Gasteiger partial charge in [0.05, 0.1) is 12.1 Å². The molecule has 3 N–H and O–H groups in total. The Morgan fingerprint density at radius 1 is 1.13 bits per heavy atom. The highest BCUT2D eigenvalue weighted by Crippen LogP contribution is 2.36. The molecule has 3 atom stereocenters. The van der Waals surface area contributed by atoms with Crippen LogP contribution in [-0.2, 0) is 0 Å². The largest absolute Gasteiger partial charge is 0.349 e. The van der Waals surface area contributed by atoms with Gasteiger partial charge in [-0.2, -0.15) is 0 Å². The van der Waals surface area contributed by atoms with Crippen molar-refractivity contribution in [1.82, 2.24) is 16.0 Å². The lowest BCUT2D eigenvalue weighted by atomic mass is 9.77. The highest BCUT2D eigenvalue weighted by molar-refractivity contribution is 5.96. The third kappa shape index (κ3) is 2.80. The molecule has 5 nitrogen and oxygen atoms in total. The van der Waals surface area contributed by atoms with Gasteiger partial charge >= 0.3 is 6.03 Å². The molecule has 122 valence electrons. The van der Waals surface area contributed by atoms with Gasteiger partial charge in [-0.25, -0.2) is 4.79 Å². The van der Waals surface area contributed by atoms with E-state index in [-0.39, 0.29) is 24.0 Å². The van der Waals surface area contributed by atoms with Crippen molar-refractivity contribution < 1.29 is 9.59 Å². The highest BCUT2D eigenvalue weighted by Gasteiger charge is 2.38. The average Bonchev–Trinajstić information content (AvgIpc) is 3.25. The molecule has 2 aliphatic carbocycles. The van der Waals surface area contributed by atoms with Crippen LogP contribution in [0.15, 0.2) is 18.2 Å². The van der Waals surface area contributed by atoms with Crippen molar-refractivity contribution in [2.24, 2.45) is 0 Å². The van der Waals surface area contributed by atoms with Crippen molar-refractivity contribution in [3.63, 3.8) is 0 Å². The van der Waals surface area contributed by atoms with E-state index >= 15 is 0 Å². The van der Waals surface area contributed by atoms with Crippen molar-refractivity contribution in [3.05, 3.63) is 34.9 Å².